The van der Waals surface area contributed by atoms with Crippen molar-refractivity contribution in [2.75, 3.05) is 6.54 Å². The average Bonchev–Trinajstić information content (AvgIpc) is 2.92. The quantitative estimate of drug-likeness (QED) is 0.727. The maximum Gasteiger partial charge on any atom is 0.262 e. The fourth-order valence-electron chi connectivity index (χ4n) is 3.31. The Morgan fingerprint density at radius 1 is 0.964 bits per heavy atom. The average molecular weight is 402 g/mol. The molecule has 0 bridgehead atoms. The first kappa shape index (κ1) is 21.6. The Labute approximate surface area is 170 Å². The lowest BCUT2D eigenvalue weighted by molar-refractivity contribution is -0.126. The van der Waals surface area contributed by atoms with Gasteiger partial charge < -0.3 is 11.1 Å². The van der Waals surface area contributed by atoms with Crippen LogP contribution in [0.1, 0.15) is 46.2 Å². The van der Waals surface area contributed by atoms with E-state index in [0.717, 1.165) is 10.5 Å². The van der Waals surface area contributed by atoms with Gasteiger partial charge in [0.05, 0.1) is 11.1 Å². The van der Waals surface area contributed by atoms with Gasteiger partial charge in [-0.15, -0.1) is 12.4 Å². The molecule has 0 aromatic heterocycles. The Hall–Kier alpha value is -2.70. The number of carbonyl (C=O) groups excluding carboxylic acids is 3. The van der Waals surface area contributed by atoms with Crippen LogP contribution in [0.5, 0.6) is 0 Å². The molecular formula is C21H24ClN3O3. The van der Waals surface area contributed by atoms with E-state index >= 15 is 0 Å². The number of amides is 3. The second-order valence-electron chi connectivity index (χ2n) is 6.98. The molecule has 148 valence electrons. The molecule has 0 aliphatic carbocycles. The molecule has 2 atom stereocenters. The van der Waals surface area contributed by atoms with Crippen molar-refractivity contribution in [2.24, 2.45) is 11.7 Å². The number of nitrogens with one attached hydrogen (secondary N) is 1. The van der Waals surface area contributed by atoms with Gasteiger partial charge in [0.15, 0.2) is 0 Å². The minimum atomic E-state index is -0.889. The maximum absolute atomic E-state index is 12.8. The van der Waals surface area contributed by atoms with Gasteiger partial charge in [-0.25, -0.2) is 0 Å². The third-order valence-corrected chi connectivity index (χ3v) is 4.73. The third kappa shape index (κ3) is 4.08. The molecule has 1 heterocycles. The predicted octanol–water partition coefficient (Wildman–Crippen LogP) is 2.55. The van der Waals surface area contributed by atoms with Crippen LogP contribution >= 0.6 is 12.4 Å². The van der Waals surface area contributed by atoms with Crippen molar-refractivity contribution in [3.05, 3.63) is 71.3 Å². The molecule has 0 radical (unpaired) electrons. The molecule has 28 heavy (non-hydrogen) atoms. The summed E-state index contributed by atoms with van der Waals surface area (Å²) in [5.74, 6) is -1.49. The number of fused-ring (bicyclic) bond motifs is 1. The second-order valence-corrected chi connectivity index (χ2v) is 6.98. The summed E-state index contributed by atoms with van der Waals surface area (Å²) < 4.78 is 0. The van der Waals surface area contributed by atoms with E-state index in [4.69, 9.17) is 5.73 Å². The summed E-state index contributed by atoms with van der Waals surface area (Å²) >= 11 is 0. The van der Waals surface area contributed by atoms with Crippen molar-refractivity contribution in [3.63, 3.8) is 0 Å². The monoisotopic (exact) mass is 401 g/mol. The van der Waals surface area contributed by atoms with Crippen LogP contribution in [0.15, 0.2) is 54.6 Å². The van der Waals surface area contributed by atoms with Crippen LogP contribution in [-0.2, 0) is 4.79 Å². The normalized spacial score (nSPS) is 15.1. The van der Waals surface area contributed by atoms with Gasteiger partial charge in [0.25, 0.3) is 11.8 Å². The van der Waals surface area contributed by atoms with Crippen LogP contribution in [0.4, 0.5) is 0 Å². The van der Waals surface area contributed by atoms with Crippen molar-refractivity contribution in [1.82, 2.24) is 10.2 Å². The van der Waals surface area contributed by atoms with Crippen molar-refractivity contribution in [1.29, 1.82) is 0 Å². The minimum Gasteiger partial charge on any atom is -0.352 e. The summed E-state index contributed by atoms with van der Waals surface area (Å²) in [4.78, 5) is 39.3. The van der Waals surface area contributed by atoms with Gasteiger partial charge in [-0.2, -0.15) is 0 Å². The van der Waals surface area contributed by atoms with Gasteiger partial charge in [-0.3, -0.25) is 19.3 Å². The molecule has 7 heteroatoms. The van der Waals surface area contributed by atoms with Crippen molar-refractivity contribution in [3.8, 4) is 0 Å². The number of hydrogen-bond donors (Lipinski definition) is 2. The van der Waals surface area contributed by atoms with Crippen LogP contribution < -0.4 is 11.1 Å². The molecule has 1 aliphatic heterocycles. The fourth-order valence-corrected chi connectivity index (χ4v) is 3.31. The Morgan fingerprint density at radius 3 is 1.96 bits per heavy atom. The second kappa shape index (κ2) is 8.99. The largest absolute Gasteiger partial charge is 0.352 e. The van der Waals surface area contributed by atoms with Crippen molar-refractivity contribution < 1.29 is 14.4 Å². The van der Waals surface area contributed by atoms with Gasteiger partial charge in [0, 0.05) is 12.6 Å². The van der Waals surface area contributed by atoms with Crippen molar-refractivity contribution >= 4 is 30.1 Å². The predicted molar refractivity (Wildman–Crippen MR) is 109 cm³/mol. The highest BCUT2D eigenvalue weighted by Gasteiger charge is 2.43. The van der Waals surface area contributed by atoms with Crippen molar-refractivity contribution in [2.45, 2.75) is 25.9 Å². The Morgan fingerprint density at radius 2 is 1.46 bits per heavy atom. The molecule has 3 rings (SSSR count). The van der Waals surface area contributed by atoms with E-state index in [9.17, 15) is 14.4 Å². The maximum atomic E-state index is 12.8. The summed E-state index contributed by atoms with van der Waals surface area (Å²) in [5.41, 5.74) is 7.71. The summed E-state index contributed by atoms with van der Waals surface area (Å²) in [6.45, 7) is 3.84. The lowest BCUT2D eigenvalue weighted by Gasteiger charge is -2.28. The number of rotatable bonds is 6. The van der Waals surface area contributed by atoms with E-state index in [2.05, 4.69) is 5.32 Å². The molecule has 2 aromatic carbocycles. The number of benzene rings is 2. The minimum absolute atomic E-state index is 0. The van der Waals surface area contributed by atoms with Gasteiger partial charge in [-0.05, 0) is 23.6 Å². The molecule has 6 nitrogen and oxygen atoms in total. The first-order chi connectivity index (χ1) is 12.9. The number of carbonyl (C=O) groups is 3. The lowest BCUT2D eigenvalue weighted by atomic mass is 10.0. The number of nitrogens with zero attached hydrogens (tertiary/aromatic N) is 1. The van der Waals surface area contributed by atoms with E-state index in [1.165, 1.54) is 0 Å². The molecule has 0 fully saturated rings. The van der Waals surface area contributed by atoms with E-state index < -0.39 is 17.9 Å². The highest BCUT2D eigenvalue weighted by molar-refractivity contribution is 6.22. The van der Waals surface area contributed by atoms with Crippen LogP contribution in [0.3, 0.4) is 0 Å². The lowest BCUT2D eigenvalue weighted by Crippen LogP contribution is -2.53. The molecular weight excluding hydrogens is 378 g/mol. The number of imide groups is 1. The topological polar surface area (TPSA) is 92.5 Å². The smallest absolute Gasteiger partial charge is 0.262 e. The third-order valence-electron chi connectivity index (χ3n) is 4.73. The standard InChI is InChI=1S/C21H23N3O3.ClH/c1-13(2)18(19(25)23-12-17(22)14-8-4-3-5-9-14)24-20(26)15-10-6-7-11-16(15)21(24)27;/h3-11,13,17-18H,12,22H2,1-2H3,(H,23,25);1H. The number of halogens is 1. The summed E-state index contributed by atoms with van der Waals surface area (Å²) in [7, 11) is 0. The zero-order valence-corrected chi connectivity index (χ0v) is 16.6. The highest BCUT2D eigenvalue weighted by Crippen LogP contribution is 2.27. The van der Waals surface area contributed by atoms with Gasteiger partial charge in [0.1, 0.15) is 6.04 Å². The molecule has 2 unspecified atom stereocenters. The van der Waals surface area contributed by atoms with Crippen LogP contribution in [0.25, 0.3) is 0 Å². The van der Waals surface area contributed by atoms with Gasteiger partial charge >= 0.3 is 0 Å². The van der Waals surface area contributed by atoms with E-state index in [1.54, 1.807) is 24.3 Å². The molecule has 2 aromatic rings. The molecule has 0 spiro atoms. The fraction of sp³-hybridized carbons (Fsp3) is 0.286. The Kier molecular flexibility index (Phi) is 6.94. The van der Waals surface area contributed by atoms with E-state index in [-0.39, 0.29) is 36.8 Å². The van der Waals surface area contributed by atoms with Crippen LogP contribution in [0, 0.1) is 5.92 Å². The molecule has 3 N–H and O–H groups in total. The molecule has 0 saturated heterocycles. The Bertz CT molecular complexity index is 835. The molecule has 0 saturated carbocycles. The first-order valence-corrected chi connectivity index (χ1v) is 8.97. The van der Waals surface area contributed by atoms with Gasteiger partial charge in [-0.1, -0.05) is 56.3 Å². The van der Waals surface area contributed by atoms with E-state index in [1.807, 2.05) is 44.2 Å². The molecule has 1 aliphatic rings. The first-order valence-electron chi connectivity index (χ1n) is 8.97. The molecule has 3 amide bonds. The highest BCUT2D eigenvalue weighted by atomic mass is 35.5. The summed E-state index contributed by atoms with van der Waals surface area (Å²) in [6.07, 6.45) is 0. The SMILES string of the molecule is CC(C)C(C(=O)NCC(N)c1ccccc1)N1C(=O)c2ccccc2C1=O.Cl. The number of hydrogen-bond acceptors (Lipinski definition) is 4. The summed E-state index contributed by atoms with van der Waals surface area (Å²) in [5, 5.41) is 2.80. The zero-order valence-electron chi connectivity index (χ0n) is 15.8. The van der Waals surface area contributed by atoms with Crippen LogP contribution in [-0.4, -0.2) is 35.2 Å². The van der Waals surface area contributed by atoms with Gasteiger partial charge in [0.2, 0.25) is 5.91 Å². The zero-order chi connectivity index (χ0) is 19.6. The van der Waals surface area contributed by atoms with E-state index in [0.29, 0.717) is 11.1 Å². The van der Waals surface area contributed by atoms with Crippen LogP contribution in [0.2, 0.25) is 0 Å². The Balaban J connectivity index is 0.00000280. The number of nitrogens with two attached hydrogens (primary N) is 1. The summed E-state index contributed by atoms with van der Waals surface area (Å²) in [6, 6.07) is 14.8.